The first-order chi connectivity index (χ1) is 12.7. The van der Waals surface area contributed by atoms with E-state index in [9.17, 15) is 4.79 Å². The second-order valence-corrected chi connectivity index (χ2v) is 6.69. The highest BCUT2D eigenvalue weighted by Crippen LogP contribution is 2.21. The summed E-state index contributed by atoms with van der Waals surface area (Å²) in [6.07, 6.45) is 1.45. The molecule has 0 bridgehead atoms. The van der Waals surface area contributed by atoms with E-state index in [4.69, 9.17) is 10.00 Å². The van der Waals surface area contributed by atoms with Crippen molar-refractivity contribution in [1.29, 1.82) is 5.26 Å². The third-order valence-corrected chi connectivity index (χ3v) is 4.57. The van der Waals surface area contributed by atoms with E-state index >= 15 is 0 Å². The highest BCUT2D eigenvalue weighted by Gasteiger charge is 2.23. The number of hydrogen-bond donors (Lipinski definition) is 1. The fraction of sp³-hybridized carbons (Fsp3) is 0.333. The second-order valence-electron chi connectivity index (χ2n) is 6.69. The van der Waals surface area contributed by atoms with E-state index in [1.54, 1.807) is 0 Å². The van der Waals surface area contributed by atoms with Crippen LogP contribution in [0.15, 0.2) is 48.5 Å². The molecule has 1 fully saturated rings. The summed E-state index contributed by atoms with van der Waals surface area (Å²) in [6.45, 7) is 4.14. The molecule has 1 aliphatic heterocycles. The third-order valence-electron chi connectivity index (χ3n) is 4.57. The van der Waals surface area contributed by atoms with Crippen LogP contribution in [0.25, 0.3) is 0 Å². The Hall–Kier alpha value is -3.00. The largest absolute Gasteiger partial charge is 0.489 e. The van der Waals surface area contributed by atoms with E-state index in [0.29, 0.717) is 18.9 Å². The molecule has 5 heteroatoms. The average Bonchev–Trinajstić information content (AvgIpc) is 3.09. The molecule has 3 rings (SSSR count). The number of para-hydroxylation sites is 1. The number of rotatable bonds is 5. The summed E-state index contributed by atoms with van der Waals surface area (Å²) in [6, 6.07) is 17.3. The van der Waals surface area contributed by atoms with Crippen molar-refractivity contribution in [2.75, 3.05) is 18.4 Å². The smallest absolute Gasteiger partial charge is 0.321 e. The van der Waals surface area contributed by atoms with Crippen LogP contribution in [0.4, 0.5) is 10.5 Å². The zero-order valence-corrected chi connectivity index (χ0v) is 14.9. The maximum absolute atomic E-state index is 12.4. The molecule has 0 spiro atoms. The van der Waals surface area contributed by atoms with Crippen molar-refractivity contribution in [3.8, 4) is 11.8 Å². The molecule has 1 unspecified atom stereocenters. The van der Waals surface area contributed by atoms with Crippen molar-refractivity contribution in [3.63, 3.8) is 0 Å². The number of anilines is 1. The minimum Gasteiger partial charge on any atom is -0.489 e. The SMILES string of the molecule is CC1CCN(C(=O)Nc2ccccc2COc2ccc(CC#N)cc2)C1. The monoisotopic (exact) mass is 349 g/mol. The number of urea groups is 1. The normalized spacial score (nSPS) is 16.2. The van der Waals surface area contributed by atoms with Gasteiger partial charge in [-0.25, -0.2) is 4.79 Å². The lowest BCUT2D eigenvalue weighted by molar-refractivity contribution is 0.221. The Morgan fingerprint density at radius 3 is 2.73 bits per heavy atom. The number of nitriles is 1. The number of carbonyl (C=O) groups is 1. The molecule has 26 heavy (non-hydrogen) atoms. The molecular weight excluding hydrogens is 326 g/mol. The molecule has 0 aromatic heterocycles. The van der Waals surface area contributed by atoms with E-state index in [1.165, 1.54) is 0 Å². The van der Waals surface area contributed by atoms with Gasteiger partial charge in [0, 0.05) is 24.3 Å². The van der Waals surface area contributed by atoms with Crippen molar-refractivity contribution in [3.05, 3.63) is 59.7 Å². The van der Waals surface area contributed by atoms with Crippen LogP contribution >= 0.6 is 0 Å². The van der Waals surface area contributed by atoms with E-state index in [2.05, 4.69) is 18.3 Å². The van der Waals surface area contributed by atoms with Gasteiger partial charge in [-0.15, -0.1) is 0 Å². The summed E-state index contributed by atoms with van der Waals surface area (Å²) >= 11 is 0. The lowest BCUT2D eigenvalue weighted by atomic mass is 10.1. The fourth-order valence-corrected chi connectivity index (χ4v) is 3.04. The van der Waals surface area contributed by atoms with Gasteiger partial charge in [0.05, 0.1) is 12.5 Å². The summed E-state index contributed by atoms with van der Waals surface area (Å²) in [5, 5.41) is 11.7. The first kappa shape index (κ1) is 17.8. The molecule has 1 heterocycles. The van der Waals surface area contributed by atoms with Crippen LogP contribution in [0.3, 0.4) is 0 Å². The summed E-state index contributed by atoms with van der Waals surface area (Å²) < 4.78 is 5.84. The number of amides is 2. The fourth-order valence-electron chi connectivity index (χ4n) is 3.04. The van der Waals surface area contributed by atoms with Crippen molar-refractivity contribution in [1.82, 2.24) is 4.90 Å². The number of benzene rings is 2. The van der Waals surface area contributed by atoms with Gasteiger partial charge in [0.2, 0.25) is 0 Å². The van der Waals surface area contributed by atoms with Gasteiger partial charge in [-0.3, -0.25) is 0 Å². The lowest BCUT2D eigenvalue weighted by Crippen LogP contribution is -2.33. The van der Waals surface area contributed by atoms with Crippen LogP contribution in [-0.2, 0) is 13.0 Å². The Kier molecular flexibility index (Phi) is 5.75. The van der Waals surface area contributed by atoms with Crippen LogP contribution in [0.5, 0.6) is 5.75 Å². The van der Waals surface area contributed by atoms with Gasteiger partial charge in [-0.2, -0.15) is 5.26 Å². The molecule has 134 valence electrons. The Balaban J connectivity index is 1.62. The molecule has 0 aliphatic carbocycles. The Morgan fingerprint density at radius 1 is 1.27 bits per heavy atom. The molecule has 5 nitrogen and oxygen atoms in total. The van der Waals surface area contributed by atoms with E-state index in [-0.39, 0.29) is 6.03 Å². The molecule has 0 saturated carbocycles. The maximum atomic E-state index is 12.4. The Bertz CT molecular complexity index is 796. The average molecular weight is 349 g/mol. The third kappa shape index (κ3) is 4.54. The van der Waals surface area contributed by atoms with Crippen LogP contribution < -0.4 is 10.1 Å². The highest BCUT2D eigenvalue weighted by molar-refractivity contribution is 5.90. The van der Waals surface area contributed by atoms with Crippen molar-refractivity contribution in [2.24, 2.45) is 5.92 Å². The van der Waals surface area contributed by atoms with Crippen LogP contribution in [0, 0.1) is 17.2 Å². The zero-order valence-electron chi connectivity index (χ0n) is 14.9. The molecule has 2 aromatic rings. The second kappa shape index (κ2) is 8.39. The predicted octanol–water partition coefficient (Wildman–Crippen LogP) is 4.21. The number of nitrogens with zero attached hydrogens (tertiary/aromatic N) is 2. The maximum Gasteiger partial charge on any atom is 0.321 e. The van der Waals surface area contributed by atoms with E-state index < -0.39 is 0 Å². The lowest BCUT2D eigenvalue weighted by Gasteiger charge is -2.18. The molecule has 1 atom stereocenters. The molecule has 1 saturated heterocycles. The Morgan fingerprint density at radius 2 is 2.04 bits per heavy atom. The summed E-state index contributed by atoms with van der Waals surface area (Å²) in [5.41, 5.74) is 2.67. The number of carbonyl (C=O) groups excluding carboxylic acids is 1. The molecule has 0 radical (unpaired) electrons. The molecule has 1 N–H and O–H groups in total. The number of hydrogen-bond acceptors (Lipinski definition) is 3. The van der Waals surface area contributed by atoms with Crippen LogP contribution in [0.1, 0.15) is 24.5 Å². The van der Waals surface area contributed by atoms with Gasteiger partial charge in [0.25, 0.3) is 0 Å². The number of ether oxygens (including phenoxy) is 1. The van der Waals surface area contributed by atoms with E-state index in [0.717, 1.165) is 42.1 Å². The van der Waals surface area contributed by atoms with Crippen molar-refractivity contribution in [2.45, 2.75) is 26.4 Å². The predicted molar refractivity (Wildman–Crippen MR) is 101 cm³/mol. The number of nitrogens with one attached hydrogen (secondary N) is 1. The first-order valence-electron chi connectivity index (χ1n) is 8.88. The van der Waals surface area contributed by atoms with Gasteiger partial charge in [0.1, 0.15) is 12.4 Å². The van der Waals surface area contributed by atoms with Crippen molar-refractivity contribution >= 4 is 11.7 Å². The van der Waals surface area contributed by atoms with Gasteiger partial charge < -0.3 is 15.0 Å². The van der Waals surface area contributed by atoms with Crippen molar-refractivity contribution < 1.29 is 9.53 Å². The summed E-state index contributed by atoms with van der Waals surface area (Å²) in [7, 11) is 0. The van der Waals surface area contributed by atoms with E-state index in [1.807, 2.05) is 53.4 Å². The van der Waals surface area contributed by atoms with Gasteiger partial charge in [0.15, 0.2) is 0 Å². The minimum atomic E-state index is -0.0531. The molecular formula is C21H23N3O2. The molecule has 2 aromatic carbocycles. The standard InChI is InChI=1S/C21H23N3O2/c1-16-11-13-24(14-16)21(25)23-20-5-3-2-4-18(20)15-26-19-8-6-17(7-9-19)10-12-22/h2-9,16H,10-11,13-15H2,1H3,(H,23,25). The minimum absolute atomic E-state index is 0.0531. The molecule has 2 amide bonds. The van der Waals surface area contributed by atoms with Crippen LogP contribution in [-0.4, -0.2) is 24.0 Å². The van der Waals surface area contributed by atoms with Gasteiger partial charge in [-0.1, -0.05) is 37.3 Å². The van der Waals surface area contributed by atoms with Crippen LogP contribution in [0.2, 0.25) is 0 Å². The zero-order chi connectivity index (χ0) is 18.4. The number of likely N-dealkylation sites (tertiary alicyclic amines) is 1. The first-order valence-corrected chi connectivity index (χ1v) is 8.88. The summed E-state index contributed by atoms with van der Waals surface area (Å²) in [4.78, 5) is 14.3. The Labute approximate surface area is 154 Å². The summed E-state index contributed by atoms with van der Waals surface area (Å²) in [5.74, 6) is 1.30. The molecule has 1 aliphatic rings. The quantitative estimate of drug-likeness (QED) is 0.879. The van der Waals surface area contributed by atoms with Gasteiger partial charge in [-0.05, 0) is 36.1 Å². The topological polar surface area (TPSA) is 65.4 Å². The highest BCUT2D eigenvalue weighted by atomic mass is 16.5. The van der Waals surface area contributed by atoms with Gasteiger partial charge >= 0.3 is 6.03 Å².